The minimum absolute atomic E-state index is 0.0884. The summed E-state index contributed by atoms with van der Waals surface area (Å²) in [6.07, 6.45) is 1.17. The van der Waals surface area contributed by atoms with Gasteiger partial charge in [-0.05, 0) is 43.0 Å². The molecule has 0 fully saturated rings. The Hall–Kier alpha value is -1.06. The van der Waals surface area contributed by atoms with Crippen molar-refractivity contribution < 1.29 is 9.53 Å². The van der Waals surface area contributed by atoms with Gasteiger partial charge in [0.1, 0.15) is 0 Å². The van der Waals surface area contributed by atoms with Crippen LogP contribution in [0, 0.1) is 12.8 Å². The topological polar surface area (TPSA) is 38.3 Å². The highest BCUT2D eigenvalue weighted by Gasteiger charge is 2.15. The lowest BCUT2D eigenvalue weighted by Crippen LogP contribution is -2.36. The predicted octanol–water partition coefficient (Wildman–Crippen LogP) is 3.37. The van der Waals surface area contributed by atoms with Crippen molar-refractivity contribution in [2.24, 2.45) is 5.92 Å². The summed E-state index contributed by atoms with van der Waals surface area (Å²) in [5, 5.41) is 4.20. The van der Waals surface area contributed by atoms with Crippen LogP contribution in [0.25, 0.3) is 0 Å². The van der Waals surface area contributed by atoms with Crippen LogP contribution in [-0.2, 0) is 16.0 Å². The summed E-state index contributed by atoms with van der Waals surface area (Å²) >= 11 is 6.04. The molecule has 0 heterocycles. The van der Waals surface area contributed by atoms with Crippen LogP contribution in [0.4, 0.5) is 0 Å². The fraction of sp³-hybridized carbons (Fsp3) is 0.562. The Balaban J connectivity index is 2.71. The lowest BCUT2D eigenvalue weighted by Gasteiger charge is -2.19. The number of carbonyl (C=O) groups is 1. The average molecular weight is 298 g/mol. The molecule has 3 nitrogen and oxygen atoms in total. The molecule has 0 aromatic heterocycles. The van der Waals surface area contributed by atoms with Crippen molar-refractivity contribution in [1.82, 2.24) is 5.32 Å². The van der Waals surface area contributed by atoms with Gasteiger partial charge in [-0.1, -0.05) is 37.6 Å². The van der Waals surface area contributed by atoms with Gasteiger partial charge in [0.25, 0.3) is 0 Å². The van der Waals surface area contributed by atoms with E-state index in [2.05, 4.69) is 25.2 Å². The van der Waals surface area contributed by atoms with Crippen LogP contribution in [0.1, 0.15) is 31.4 Å². The van der Waals surface area contributed by atoms with E-state index in [1.807, 2.05) is 19.1 Å². The van der Waals surface area contributed by atoms with Crippen molar-refractivity contribution in [2.75, 3.05) is 13.7 Å². The lowest BCUT2D eigenvalue weighted by molar-refractivity contribution is -0.141. The first kappa shape index (κ1) is 17.0. The highest BCUT2D eigenvalue weighted by molar-refractivity contribution is 6.31. The van der Waals surface area contributed by atoms with Gasteiger partial charge in [0.15, 0.2) is 0 Å². The van der Waals surface area contributed by atoms with E-state index in [4.69, 9.17) is 16.3 Å². The first-order valence-corrected chi connectivity index (χ1v) is 7.35. The van der Waals surface area contributed by atoms with Crippen molar-refractivity contribution in [2.45, 2.75) is 39.7 Å². The van der Waals surface area contributed by atoms with Crippen LogP contribution in [0.15, 0.2) is 18.2 Å². The van der Waals surface area contributed by atoms with Crippen molar-refractivity contribution in [1.29, 1.82) is 0 Å². The average Bonchev–Trinajstić information content (AvgIpc) is 2.40. The third-order valence-corrected chi connectivity index (χ3v) is 3.58. The van der Waals surface area contributed by atoms with Crippen LogP contribution in [0.2, 0.25) is 5.02 Å². The van der Waals surface area contributed by atoms with Crippen LogP contribution in [0.5, 0.6) is 0 Å². The third kappa shape index (κ3) is 5.93. The molecule has 4 heteroatoms. The predicted molar refractivity (Wildman–Crippen MR) is 83.2 cm³/mol. The number of hydrogen-bond acceptors (Lipinski definition) is 3. The maximum Gasteiger partial charge on any atom is 0.307 e. The quantitative estimate of drug-likeness (QED) is 0.784. The second-order valence-corrected chi connectivity index (χ2v) is 5.97. The molecule has 0 amide bonds. The molecule has 0 saturated carbocycles. The molecule has 0 aliphatic carbocycles. The molecule has 1 atom stereocenters. The van der Waals surface area contributed by atoms with Gasteiger partial charge in [0.05, 0.1) is 13.5 Å². The Morgan fingerprint density at radius 3 is 2.65 bits per heavy atom. The van der Waals surface area contributed by atoms with E-state index in [0.717, 1.165) is 23.6 Å². The molecule has 0 aliphatic rings. The number of hydrogen-bond donors (Lipinski definition) is 1. The van der Waals surface area contributed by atoms with Gasteiger partial charge >= 0.3 is 5.97 Å². The Bertz CT molecular complexity index is 446. The van der Waals surface area contributed by atoms with Gasteiger partial charge in [0, 0.05) is 11.1 Å². The number of esters is 1. The second kappa shape index (κ2) is 8.28. The van der Waals surface area contributed by atoms with Crippen molar-refractivity contribution in [3.8, 4) is 0 Å². The van der Waals surface area contributed by atoms with Crippen LogP contribution < -0.4 is 5.32 Å². The summed E-state index contributed by atoms with van der Waals surface area (Å²) in [7, 11) is 1.42. The molecular weight excluding hydrogens is 274 g/mol. The number of ether oxygens (including phenoxy) is 1. The monoisotopic (exact) mass is 297 g/mol. The zero-order chi connectivity index (χ0) is 15.1. The number of rotatable bonds is 7. The fourth-order valence-corrected chi connectivity index (χ4v) is 2.14. The van der Waals surface area contributed by atoms with Crippen molar-refractivity contribution >= 4 is 17.6 Å². The smallest absolute Gasteiger partial charge is 0.307 e. The van der Waals surface area contributed by atoms with E-state index >= 15 is 0 Å². The molecule has 1 rings (SSSR count). The second-order valence-electron chi connectivity index (χ2n) is 5.57. The Morgan fingerprint density at radius 2 is 2.10 bits per heavy atom. The van der Waals surface area contributed by atoms with E-state index in [1.165, 1.54) is 12.7 Å². The highest BCUT2D eigenvalue weighted by Crippen LogP contribution is 2.18. The summed E-state index contributed by atoms with van der Waals surface area (Å²) < 4.78 is 4.77. The van der Waals surface area contributed by atoms with Gasteiger partial charge < -0.3 is 10.1 Å². The van der Waals surface area contributed by atoms with Crippen molar-refractivity contribution in [3.05, 3.63) is 34.3 Å². The van der Waals surface area contributed by atoms with E-state index in [9.17, 15) is 4.79 Å². The van der Waals surface area contributed by atoms with Gasteiger partial charge in [-0.15, -0.1) is 0 Å². The molecule has 20 heavy (non-hydrogen) atoms. The van der Waals surface area contributed by atoms with Crippen LogP contribution in [0.3, 0.4) is 0 Å². The van der Waals surface area contributed by atoms with E-state index in [-0.39, 0.29) is 12.0 Å². The number of halogens is 1. The molecule has 0 bridgehead atoms. The lowest BCUT2D eigenvalue weighted by atomic mass is 10.0. The molecule has 0 aliphatic heterocycles. The maximum absolute atomic E-state index is 11.5. The first-order chi connectivity index (χ1) is 9.42. The largest absolute Gasteiger partial charge is 0.469 e. The Morgan fingerprint density at radius 1 is 1.40 bits per heavy atom. The van der Waals surface area contributed by atoms with Gasteiger partial charge in [0.2, 0.25) is 0 Å². The molecular formula is C16H24ClNO2. The van der Waals surface area contributed by atoms with E-state index in [0.29, 0.717) is 12.3 Å². The third-order valence-electron chi connectivity index (χ3n) is 3.16. The maximum atomic E-state index is 11.5. The number of aryl methyl sites for hydroxylation is 1. The summed E-state index contributed by atoms with van der Waals surface area (Å²) in [4.78, 5) is 11.5. The summed E-state index contributed by atoms with van der Waals surface area (Å²) in [5.74, 6) is 0.360. The Kier molecular flexibility index (Phi) is 7.03. The number of carbonyl (C=O) groups excluding carboxylic acids is 1. The van der Waals surface area contributed by atoms with Gasteiger partial charge in [-0.25, -0.2) is 0 Å². The number of benzene rings is 1. The zero-order valence-corrected chi connectivity index (χ0v) is 13.5. The minimum atomic E-state index is -0.183. The summed E-state index contributed by atoms with van der Waals surface area (Å²) in [5.41, 5.74) is 2.24. The molecule has 1 aromatic carbocycles. The van der Waals surface area contributed by atoms with Gasteiger partial charge in [-0.3, -0.25) is 4.79 Å². The van der Waals surface area contributed by atoms with E-state index < -0.39 is 0 Å². The highest BCUT2D eigenvalue weighted by atomic mass is 35.5. The number of nitrogens with one attached hydrogen (secondary N) is 1. The normalized spacial score (nSPS) is 12.5. The Labute approximate surface area is 126 Å². The van der Waals surface area contributed by atoms with Gasteiger partial charge in [-0.2, -0.15) is 0 Å². The standard InChI is InChI=1S/C16H24ClNO2/c1-11(2)10-18-14(9-16(19)20-4)8-13-5-6-15(17)12(3)7-13/h5-7,11,14,18H,8-10H2,1-4H3. The number of methoxy groups -OCH3 is 1. The molecule has 1 aromatic rings. The molecule has 112 valence electrons. The molecule has 1 N–H and O–H groups in total. The van der Waals surface area contributed by atoms with Crippen LogP contribution in [-0.4, -0.2) is 25.7 Å². The van der Waals surface area contributed by atoms with Crippen LogP contribution >= 0.6 is 11.6 Å². The van der Waals surface area contributed by atoms with Crippen molar-refractivity contribution in [3.63, 3.8) is 0 Å². The zero-order valence-electron chi connectivity index (χ0n) is 12.7. The fourth-order valence-electron chi connectivity index (χ4n) is 2.02. The summed E-state index contributed by atoms with van der Waals surface area (Å²) in [6.45, 7) is 7.17. The minimum Gasteiger partial charge on any atom is -0.469 e. The first-order valence-electron chi connectivity index (χ1n) is 6.97. The summed E-state index contributed by atoms with van der Waals surface area (Å²) in [6, 6.07) is 6.08. The molecule has 0 radical (unpaired) electrons. The molecule has 1 unspecified atom stereocenters. The molecule has 0 spiro atoms. The molecule has 0 saturated heterocycles. The van der Waals surface area contributed by atoms with E-state index in [1.54, 1.807) is 0 Å². The SMILES string of the molecule is COC(=O)CC(Cc1ccc(Cl)c(C)c1)NCC(C)C.